The van der Waals surface area contributed by atoms with Crippen LogP contribution in [0.5, 0.6) is 5.75 Å². The molecule has 1 spiro atoms. The van der Waals surface area contributed by atoms with Crippen molar-refractivity contribution in [1.29, 1.82) is 0 Å². The van der Waals surface area contributed by atoms with Crippen molar-refractivity contribution in [2.45, 2.75) is 63.3 Å². The summed E-state index contributed by atoms with van der Waals surface area (Å²) < 4.78 is 5.39. The number of hydrogen-bond acceptors (Lipinski definition) is 3. The number of nitrogens with zero attached hydrogens (tertiary/aromatic N) is 2. The molecule has 0 radical (unpaired) electrons. The number of amides is 1. The number of piperidine rings is 2. The third kappa shape index (κ3) is 4.27. The van der Waals surface area contributed by atoms with Gasteiger partial charge in [0.25, 0.3) is 0 Å². The van der Waals surface area contributed by atoms with E-state index in [1.807, 2.05) is 0 Å². The molecule has 3 aliphatic rings. The molecule has 27 heavy (non-hydrogen) atoms. The Balaban J connectivity index is 0.00000210. The summed E-state index contributed by atoms with van der Waals surface area (Å²) in [7, 11) is 1.73. The molecule has 4 nitrogen and oxygen atoms in total. The van der Waals surface area contributed by atoms with Crippen LogP contribution in [0.25, 0.3) is 0 Å². The first-order chi connectivity index (χ1) is 12.7. The molecule has 1 aliphatic carbocycles. The van der Waals surface area contributed by atoms with Crippen molar-refractivity contribution in [3.05, 3.63) is 29.3 Å². The molecule has 2 heterocycles. The van der Waals surface area contributed by atoms with Gasteiger partial charge in [0.15, 0.2) is 0 Å². The third-order valence-electron chi connectivity index (χ3n) is 6.75. The van der Waals surface area contributed by atoms with E-state index in [4.69, 9.17) is 4.74 Å². The van der Waals surface area contributed by atoms with Crippen LogP contribution in [-0.4, -0.2) is 54.5 Å². The van der Waals surface area contributed by atoms with E-state index in [0.717, 1.165) is 57.5 Å². The second-order valence-corrected chi connectivity index (χ2v) is 8.38. The highest BCUT2D eigenvalue weighted by atomic mass is 35.5. The van der Waals surface area contributed by atoms with Crippen molar-refractivity contribution in [2.24, 2.45) is 0 Å². The second-order valence-electron chi connectivity index (χ2n) is 8.38. The summed E-state index contributed by atoms with van der Waals surface area (Å²) >= 11 is 0. The first-order valence-electron chi connectivity index (χ1n) is 10.4. The summed E-state index contributed by atoms with van der Waals surface area (Å²) in [5, 5.41) is 0. The summed E-state index contributed by atoms with van der Waals surface area (Å²) in [5.74, 6) is 1.31. The van der Waals surface area contributed by atoms with E-state index in [1.165, 1.54) is 36.8 Å². The van der Waals surface area contributed by atoms with Gasteiger partial charge in [-0.2, -0.15) is 0 Å². The average molecular weight is 393 g/mol. The predicted octanol–water partition coefficient (Wildman–Crippen LogP) is 3.84. The molecule has 0 N–H and O–H groups in total. The molecule has 0 bridgehead atoms. The maximum absolute atomic E-state index is 13.2. The van der Waals surface area contributed by atoms with Crippen molar-refractivity contribution < 1.29 is 9.53 Å². The monoisotopic (exact) mass is 392 g/mol. The number of ether oxygens (including phenoxy) is 1. The van der Waals surface area contributed by atoms with Gasteiger partial charge < -0.3 is 9.64 Å². The zero-order valence-corrected chi connectivity index (χ0v) is 17.4. The molecule has 1 aromatic carbocycles. The number of halogens is 1. The molecule has 1 aromatic rings. The molecule has 0 saturated carbocycles. The Morgan fingerprint density at radius 3 is 2.59 bits per heavy atom. The van der Waals surface area contributed by atoms with Crippen molar-refractivity contribution in [1.82, 2.24) is 9.80 Å². The van der Waals surface area contributed by atoms with Crippen molar-refractivity contribution in [3.8, 4) is 5.75 Å². The molecule has 1 amide bonds. The van der Waals surface area contributed by atoms with Crippen LogP contribution in [0.2, 0.25) is 0 Å². The molecule has 5 heteroatoms. The van der Waals surface area contributed by atoms with Gasteiger partial charge in [-0.1, -0.05) is 12.5 Å². The van der Waals surface area contributed by atoms with Crippen molar-refractivity contribution >= 4 is 18.3 Å². The van der Waals surface area contributed by atoms with Crippen LogP contribution in [0.15, 0.2) is 18.2 Å². The molecule has 2 saturated heterocycles. The number of methoxy groups -OCH3 is 1. The van der Waals surface area contributed by atoms with E-state index >= 15 is 0 Å². The Morgan fingerprint density at radius 1 is 1.04 bits per heavy atom. The van der Waals surface area contributed by atoms with E-state index in [9.17, 15) is 4.79 Å². The summed E-state index contributed by atoms with van der Waals surface area (Å²) in [6.07, 6.45) is 10.5. The van der Waals surface area contributed by atoms with Crippen LogP contribution < -0.4 is 4.74 Å². The standard InChI is InChI=1S/C22H32N2O2.ClH/c1-26-20-8-7-19-16-22(11-9-18(19)15-20)10-3-6-14-24(22)21(25)17-23-12-4-2-5-13-23;/h7-8,15H,2-6,9-14,16-17H2,1H3;1H. The Kier molecular flexibility index (Phi) is 6.69. The lowest BCUT2D eigenvalue weighted by Crippen LogP contribution is -2.59. The highest BCUT2D eigenvalue weighted by molar-refractivity contribution is 5.85. The lowest BCUT2D eigenvalue weighted by molar-refractivity contribution is -0.142. The minimum atomic E-state index is 0. The van der Waals surface area contributed by atoms with E-state index in [-0.39, 0.29) is 17.9 Å². The number of hydrogen-bond donors (Lipinski definition) is 0. The second kappa shape index (κ2) is 8.83. The smallest absolute Gasteiger partial charge is 0.237 e. The molecule has 1 atom stereocenters. The van der Waals surface area contributed by atoms with Gasteiger partial charge in [0.2, 0.25) is 5.91 Å². The number of benzene rings is 1. The molecule has 2 aliphatic heterocycles. The quantitative estimate of drug-likeness (QED) is 0.783. The minimum absolute atomic E-state index is 0. The molecule has 1 unspecified atom stereocenters. The highest BCUT2D eigenvalue weighted by Gasteiger charge is 2.43. The molecular weight excluding hydrogens is 360 g/mol. The van der Waals surface area contributed by atoms with Gasteiger partial charge >= 0.3 is 0 Å². The largest absolute Gasteiger partial charge is 0.497 e. The Hall–Kier alpha value is -1.26. The Bertz CT molecular complexity index is 660. The van der Waals surface area contributed by atoms with E-state index in [1.54, 1.807) is 7.11 Å². The van der Waals surface area contributed by atoms with Gasteiger partial charge in [-0.25, -0.2) is 0 Å². The number of carbonyl (C=O) groups excluding carboxylic acids is 1. The lowest BCUT2D eigenvalue weighted by atomic mass is 9.72. The molecule has 4 rings (SSSR count). The van der Waals surface area contributed by atoms with Crippen LogP contribution in [0.3, 0.4) is 0 Å². The van der Waals surface area contributed by atoms with E-state index in [0.29, 0.717) is 12.5 Å². The van der Waals surface area contributed by atoms with Crippen molar-refractivity contribution in [2.75, 3.05) is 33.3 Å². The van der Waals surface area contributed by atoms with Gasteiger partial charge in [0.05, 0.1) is 13.7 Å². The Labute approximate surface area is 169 Å². The number of likely N-dealkylation sites (tertiary alicyclic amines) is 2. The lowest BCUT2D eigenvalue weighted by Gasteiger charge is -2.50. The van der Waals surface area contributed by atoms with E-state index in [2.05, 4.69) is 28.0 Å². The van der Waals surface area contributed by atoms with Crippen LogP contribution in [0.1, 0.15) is 56.1 Å². The summed E-state index contributed by atoms with van der Waals surface area (Å²) in [5.41, 5.74) is 2.87. The molecule has 150 valence electrons. The minimum Gasteiger partial charge on any atom is -0.497 e. The molecule has 2 fully saturated rings. The van der Waals surface area contributed by atoms with Crippen LogP contribution in [0.4, 0.5) is 0 Å². The number of fused-ring (bicyclic) bond motifs is 1. The first kappa shape index (κ1) is 20.5. The van der Waals surface area contributed by atoms with Gasteiger partial charge in [-0.05, 0) is 87.7 Å². The Morgan fingerprint density at radius 2 is 1.81 bits per heavy atom. The zero-order chi connectivity index (χ0) is 18.0. The van der Waals surface area contributed by atoms with Gasteiger partial charge in [-0.15, -0.1) is 12.4 Å². The topological polar surface area (TPSA) is 32.8 Å². The van der Waals surface area contributed by atoms with Crippen molar-refractivity contribution in [3.63, 3.8) is 0 Å². The van der Waals surface area contributed by atoms with Gasteiger partial charge in [-0.3, -0.25) is 9.69 Å². The normalized spacial score (nSPS) is 25.6. The highest BCUT2D eigenvalue weighted by Crippen LogP contribution is 2.40. The number of carbonyl (C=O) groups is 1. The number of rotatable bonds is 3. The number of aryl methyl sites for hydroxylation is 1. The maximum atomic E-state index is 13.2. The van der Waals surface area contributed by atoms with Crippen LogP contribution in [0, 0.1) is 0 Å². The van der Waals surface area contributed by atoms with Gasteiger partial charge in [0, 0.05) is 12.1 Å². The SMILES string of the molecule is COc1ccc2c(c1)CCC1(CCCCN1C(=O)CN1CCCCC1)C2.Cl. The summed E-state index contributed by atoms with van der Waals surface area (Å²) in [6, 6.07) is 6.47. The van der Waals surface area contributed by atoms with Crippen LogP contribution in [-0.2, 0) is 17.6 Å². The fourth-order valence-electron chi connectivity index (χ4n) is 5.27. The third-order valence-corrected chi connectivity index (χ3v) is 6.75. The first-order valence-corrected chi connectivity index (χ1v) is 10.4. The fourth-order valence-corrected chi connectivity index (χ4v) is 5.27. The summed E-state index contributed by atoms with van der Waals surface area (Å²) in [4.78, 5) is 17.9. The predicted molar refractivity (Wildman–Crippen MR) is 111 cm³/mol. The van der Waals surface area contributed by atoms with Crippen LogP contribution >= 0.6 is 12.4 Å². The fraction of sp³-hybridized carbons (Fsp3) is 0.682. The molecule has 0 aromatic heterocycles. The van der Waals surface area contributed by atoms with Gasteiger partial charge in [0.1, 0.15) is 5.75 Å². The average Bonchev–Trinajstić information content (AvgIpc) is 2.68. The summed E-state index contributed by atoms with van der Waals surface area (Å²) in [6.45, 7) is 3.75. The molecular formula is C22H33ClN2O2. The zero-order valence-electron chi connectivity index (χ0n) is 16.5. The van der Waals surface area contributed by atoms with E-state index < -0.39 is 0 Å². The maximum Gasteiger partial charge on any atom is 0.237 e.